The van der Waals surface area contributed by atoms with Crippen molar-refractivity contribution in [3.63, 3.8) is 0 Å². The van der Waals surface area contributed by atoms with Gasteiger partial charge in [-0.15, -0.1) is 0 Å². The van der Waals surface area contributed by atoms with Crippen LogP contribution in [0.1, 0.15) is 11.3 Å². The Labute approximate surface area is 118 Å². The third-order valence-electron chi connectivity index (χ3n) is 3.36. The van der Waals surface area contributed by atoms with E-state index in [9.17, 15) is 13.2 Å². The number of nitrogens with zero attached hydrogens (tertiary/aromatic N) is 2. The van der Waals surface area contributed by atoms with Crippen LogP contribution in [0.25, 0.3) is 16.9 Å². The molecule has 2 N–H and O–H groups in total. The Hall–Kier alpha value is -2.50. The fourth-order valence-corrected chi connectivity index (χ4v) is 2.42. The number of aromatic nitrogens is 2. The summed E-state index contributed by atoms with van der Waals surface area (Å²) in [5.74, 6) is 0.208. The Morgan fingerprint density at radius 3 is 2.43 bits per heavy atom. The van der Waals surface area contributed by atoms with E-state index < -0.39 is 11.7 Å². The van der Waals surface area contributed by atoms with Crippen molar-refractivity contribution < 1.29 is 13.2 Å². The van der Waals surface area contributed by atoms with Gasteiger partial charge in [0.2, 0.25) is 0 Å². The molecule has 3 aromatic rings. The molecule has 0 fully saturated rings. The molecule has 6 heteroatoms. The molecule has 0 unspecified atom stereocenters. The lowest BCUT2D eigenvalue weighted by molar-refractivity contribution is -0.137. The first-order valence-electron chi connectivity index (χ1n) is 6.30. The molecule has 0 aliphatic heterocycles. The predicted octanol–water partition coefficient (Wildman–Crippen LogP) is 3.91. The Balaban J connectivity index is 2.32. The van der Waals surface area contributed by atoms with Crippen LogP contribution in [0.15, 0.2) is 42.5 Å². The number of benzene rings is 1. The lowest BCUT2D eigenvalue weighted by Gasteiger charge is -2.11. The number of anilines is 1. The zero-order valence-electron chi connectivity index (χ0n) is 11.1. The molecule has 108 valence electrons. The first-order valence-corrected chi connectivity index (χ1v) is 6.30. The van der Waals surface area contributed by atoms with E-state index in [-0.39, 0.29) is 17.1 Å². The van der Waals surface area contributed by atoms with Crippen molar-refractivity contribution in [3.8, 4) is 11.3 Å². The highest BCUT2D eigenvalue weighted by molar-refractivity contribution is 5.77. The second kappa shape index (κ2) is 4.51. The number of nitrogens with two attached hydrogens (primary N) is 1. The van der Waals surface area contributed by atoms with Crippen molar-refractivity contribution in [2.75, 3.05) is 5.73 Å². The van der Waals surface area contributed by atoms with E-state index in [0.29, 0.717) is 5.65 Å². The number of halogens is 3. The van der Waals surface area contributed by atoms with E-state index in [2.05, 4.69) is 4.98 Å². The molecule has 3 nitrogen and oxygen atoms in total. The van der Waals surface area contributed by atoms with Gasteiger partial charge < -0.3 is 5.73 Å². The maximum Gasteiger partial charge on any atom is 0.417 e. The van der Waals surface area contributed by atoms with E-state index in [1.807, 2.05) is 13.0 Å². The topological polar surface area (TPSA) is 43.3 Å². The van der Waals surface area contributed by atoms with Crippen molar-refractivity contribution in [1.82, 2.24) is 9.38 Å². The molecule has 0 aliphatic rings. The van der Waals surface area contributed by atoms with E-state index >= 15 is 0 Å². The van der Waals surface area contributed by atoms with Crippen LogP contribution in [0.5, 0.6) is 0 Å². The van der Waals surface area contributed by atoms with Crippen molar-refractivity contribution in [2.24, 2.45) is 0 Å². The summed E-state index contributed by atoms with van der Waals surface area (Å²) in [4.78, 5) is 4.26. The third kappa shape index (κ3) is 2.12. The molecular formula is C15H12F3N3. The Bertz CT molecular complexity index is 819. The standard InChI is InChI=1S/C15H12F3N3/c1-9-5-4-8-12-20-13(14(19)21(9)12)10-6-2-3-7-11(10)15(16,17)18/h2-8H,19H2,1H3. The molecule has 0 aliphatic carbocycles. The second-order valence-corrected chi connectivity index (χ2v) is 4.75. The smallest absolute Gasteiger partial charge is 0.383 e. The van der Waals surface area contributed by atoms with Gasteiger partial charge in [-0.1, -0.05) is 24.3 Å². The number of alkyl halides is 3. The summed E-state index contributed by atoms with van der Waals surface area (Å²) in [6.07, 6.45) is -4.45. The van der Waals surface area contributed by atoms with Crippen LogP contribution in [0.3, 0.4) is 0 Å². The first kappa shape index (κ1) is 13.5. The molecule has 0 saturated carbocycles. The Morgan fingerprint density at radius 1 is 1.05 bits per heavy atom. The number of nitrogen functional groups attached to an aromatic ring is 1. The Kier molecular flexibility index (Phi) is 2.90. The van der Waals surface area contributed by atoms with Gasteiger partial charge in [0.15, 0.2) is 0 Å². The Morgan fingerprint density at radius 2 is 1.76 bits per heavy atom. The van der Waals surface area contributed by atoms with E-state index in [1.165, 1.54) is 12.1 Å². The van der Waals surface area contributed by atoms with Crippen LogP contribution in [-0.4, -0.2) is 9.38 Å². The summed E-state index contributed by atoms with van der Waals surface area (Å²) in [5.41, 5.74) is 6.76. The number of hydrogen-bond donors (Lipinski definition) is 1. The molecule has 0 atom stereocenters. The lowest BCUT2D eigenvalue weighted by atomic mass is 10.0. The second-order valence-electron chi connectivity index (χ2n) is 4.75. The highest BCUT2D eigenvalue weighted by Gasteiger charge is 2.34. The molecule has 1 aromatic carbocycles. The van der Waals surface area contributed by atoms with Gasteiger partial charge in [0.25, 0.3) is 0 Å². The SMILES string of the molecule is Cc1cccc2nc(-c3ccccc3C(F)(F)F)c(N)n12. The molecular weight excluding hydrogens is 279 g/mol. The average Bonchev–Trinajstić information content (AvgIpc) is 2.76. The van der Waals surface area contributed by atoms with Gasteiger partial charge in [0.1, 0.15) is 17.2 Å². The minimum atomic E-state index is -4.45. The van der Waals surface area contributed by atoms with Crippen molar-refractivity contribution >= 4 is 11.5 Å². The number of pyridine rings is 1. The molecule has 21 heavy (non-hydrogen) atoms. The summed E-state index contributed by atoms with van der Waals surface area (Å²) >= 11 is 0. The number of rotatable bonds is 1. The minimum absolute atomic E-state index is 0.00870. The van der Waals surface area contributed by atoms with Gasteiger partial charge in [0, 0.05) is 11.3 Å². The fourth-order valence-electron chi connectivity index (χ4n) is 2.42. The van der Waals surface area contributed by atoms with Gasteiger partial charge >= 0.3 is 6.18 Å². The summed E-state index contributed by atoms with van der Waals surface area (Å²) in [6, 6.07) is 10.6. The zero-order chi connectivity index (χ0) is 15.2. The summed E-state index contributed by atoms with van der Waals surface area (Å²) < 4.78 is 41.0. The monoisotopic (exact) mass is 291 g/mol. The molecule has 0 spiro atoms. The number of fused-ring (bicyclic) bond motifs is 1. The zero-order valence-corrected chi connectivity index (χ0v) is 11.1. The maximum atomic E-state index is 13.1. The van der Waals surface area contributed by atoms with Gasteiger partial charge in [-0.25, -0.2) is 4.98 Å². The highest BCUT2D eigenvalue weighted by Crippen LogP contribution is 2.38. The molecule has 0 bridgehead atoms. The predicted molar refractivity (Wildman–Crippen MR) is 74.8 cm³/mol. The summed E-state index contributed by atoms with van der Waals surface area (Å²) in [7, 11) is 0. The maximum absolute atomic E-state index is 13.1. The number of aryl methyl sites for hydroxylation is 1. The average molecular weight is 291 g/mol. The molecule has 2 aromatic heterocycles. The van der Waals surface area contributed by atoms with Crippen LogP contribution >= 0.6 is 0 Å². The summed E-state index contributed by atoms with van der Waals surface area (Å²) in [6.45, 7) is 1.82. The number of hydrogen-bond acceptors (Lipinski definition) is 2. The van der Waals surface area contributed by atoms with E-state index in [1.54, 1.807) is 22.6 Å². The normalized spacial score (nSPS) is 12.0. The molecule has 0 amide bonds. The van der Waals surface area contributed by atoms with Crippen LogP contribution in [0.4, 0.5) is 19.0 Å². The van der Waals surface area contributed by atoms with Gasteiger partial charge in [0.05, 0.1) is 5.56 Å². The van der Waals surface area contributed by atoms with E-state index in [4.69, 9.17) is 5.73 Å². The largest absolute Gasteiger partial charge is 0.417 e. The quantitative estimate of drug-likeness (QED) is 0.738. The third-order valence-corrected chi connectivity index (χ3v) is 3.36. The van der Waals surface area contributed by atoms with Crippen molar-refractivity contribution in [1.29, 1.82) is 0 Å². The van der Waals surface area contributed by atoms with Crippen LogP contribution in [0, 0.1) is 6.92 Å². The molecule has 2 heterocycles. The van der Waals surface area contributed by atoms with Gasteiger partial charge in [-0.3, -0.25) is 4.40 Å². The molecule has 3 rings (SSSR count). The fraction of sp³-hybridized carbons (Fsp3) is 0.133. The van der Waals surface area contributed by atoms with Crippen molar-refractivity contribution in [3.05, 3.63) is 53.7 Å². The molecule has 0 saturated heterocycles. The van der Waals surface area contributed by atoms with Crippen LogP contribution in [0.2, 0.25) is 0 Å². The minimum Gasteiger partial charge on any atom is -0.383 e. The van der Waals surface area contributed by atoms with E-state index in [0.717, 1.165) is 11.8 Å². The van der Waals surface area contributed by atoms with Crippen LogP contribution in [-0.2, 0) is 6.18 Å². The lowest BCUT2D eigenvalue weighted by Crippen LogP contribution is -2.07. The number of imidazole rings is 1. The van der Waals surface area contributed by atoms with Gasteiger partial charge in [-0.2, -0.15) is 13.2 Å². The highest BCUT2D eigenvalue weighted by atomic mass is 19.4. The molecule has 0 radical (unpaired) electrons. The van der Waals surface area contributed by atoms with Crippen molar-refractivity contribution in [2.45, 2.75) is 13.1 Å². The van der Waals surface area contributed by atoms with Crippen LogP contribution < -0.4 is 5.73 Å². The van der Waals surface area contributed by atoms with Gasteiger partial charge in [-0.05, 0) is 25.1 Å². The first-order chi connectivity index (χ1) is 9.89. The summed E-state index contributed by atoms with van der Waals surface area (Å²) in [5, 5.41) is 0.